The zero-order valence-electron chi connectivity index (χ0n) is 11.9. The Morgan fingerprint density at radius 1 is 1.08 bits per heavy atom. The average Bonchev–Trinajstić information content (AvgIpc) is 3.01. The summed E-state index contributed by atoms with van der Waals surface area (Å²) in [5.41, 5.74) is 0.194. The molecule has 0 atom stereocenters. The highest BCUT2D eigenvalue weighted by molar-refractivity contribution is 5.89. The van der Waals surface area contributed by atoms with Crippen LogP contribution in [0.25, 0.3) is 22.4 Å². The maximum Gasteiger partial charge on any atom is 0.453 e. The van der Waals surface area contributed by atoms with Gasteiger partial charge in [0.2, 0.25) is 5.76 Å². The Morgan fingerprint density at radius 3 is 2.33 bits per heavy atom. The summed E-state index contributed by atoms with van der Waals surface area (Å²) in [5, 5.41) is 12.4. The van der Waals surface area contributed by atoms with Gasteiger partial charge >= 0.3 is 12.1 Å². The van der Waals surface area contributed by atoms with E-state index in [1.807, 2.05) is 0 Å². The number of aromatic carboxylic acids is 1. The molecular weight excluding hydrogens is 325 g/mol. The molecule has 3 aromatic rings. The molecule has 5 nitrogen and oxygen atoms in total. The highest BCUT2D eigenvalue weighted by atomic mass is 19.4. The van der Waals surface area contributed by atoms with Crippen LogP contribution in [-0.2, 0) is 6.18 Å². The van der Waals surface area contributed by atoms with E-state index in [9.17, 15) is 18.0 Å². The van der Waals surface area contributed by atoms with Gasteiger partial charge in [-0.25, -0.2) is 4.79 Å². The fraction of sp³-hybridized carbons (Fsp3) is 0.0625. The Morgan fingerprint density at radius 2 is 1.79 bits per heavy atom. The molecule has 1 aromatic carbocycles. The number of halogens is 3. The number of pyridine rings is 1. The normalized spacial score (nSPS) is 11.5. The zero-order chi connectivity index (χ0) is 17.3. The summed E-state index contributed by atoms with van der Waals surface area (Å²) in [6.07, 6.45) is -1.89. The van der Waals surface area contributed by atoms with Crippen molar-refractivity contribution in [2.45, 2.75) is 6.18 Å². The van der Waals surface area contributed by atoms with E-state index in [2.05, 4.69) is 14.7 Å². The van der Waals surface area contributed by atoms with Crippen molar-refractivity contribution in [1.82, 2.24) is 10.1 Å². The largest absolute Gasteiger partial charge is 0.478 e. The van der Waals surface area contributed by atoms with Crippen LogP contribution in [0.2, 0.25) is 0 Å². The molecule has 0 saturated heterocycles. The van der Waals surface area contributed by atoms with Crippen LogP contribution in [0.1, 0.15) is 16.1 Å². The van der Waals surface area contributed by atoms with Crippen LogP contribution in [0.5, 0.6) is 0 Å². The lowest BCUT2D eigenvalue weighted by Gasteiger charge is -2.07. The third kappa shape index (κ3) is 2.85. The first kappa shape index (κ1) is 15.7. The van der Waals surface area contributed by atoms with Gasteiger partial charge in [-0.2, -0.15) is 13.2 Å². The first-order chi connectivity index (χ1) is 11.4. The van der Waals surface area contributed by atoms with Crippen LogP contribution in [0.3, 0.4) is 0 Å². The molecule has 0 bridgehead atoms. The maximum atomic E-state index is 13.2. The second-order valence-corrected chi connectivity index (χ2v) is 4.86. The Hall–Kier alpha value is -3.16. The molecular formula is C16H9F3N2O3. The van der Waals surface area contributed by atoms with Crippen molar-refractivity contribution >= 4 is 5.97 Å². The number of alkyl halides is 3. The first-order valence-electron chi connectivity index (χ1n) is 6.69. The lowest BCUT2D eigenvalue weighted by molar-refractivity contribution is -0.154. The minimum Gasteiger partial charge on any atom is -0.478 e. The van der Waals surface area contributed by atoms with E-state index in [0.29, 0.717) is 5.56 Å². The third-order valence-corrected chi connectivity index (χ3v) is 3.31. The number of carbonyl (C=O) groups is 1. The highest BCUT2D eigenvalue weighted by Gasteiger charge is 2.41. The van der Waals surface area contributed by atoms with Crippen molar-refractivity contribution in [3.8, 4) is 22.4 Å². The molecule has 0 aliphatic heterocycles. The molecule has 2 aromatic heterocycles. The molecule has 3 rings (SSSR count). The predicted octanol–water partition coefficient (Wildman–Crippen LogP) is 4.12. The standard InChI is InChI=1S/C16H9F3N2O3/c17-16(18,19)14-12(9-3-5-10(6-4-9)15(22)23)13(21-24-14)11-2-1-7-20-8-11/h1-8H,(H,22,23). The fourth-order valence-electron chi connectivity index (χ4n) is 2.23. The molecule has 2 heterocycles. The zero-order valence-corrected chi connectivity index (χ0v) is 11.9. The lowest BCUT2D eigenvalue weighted by Crippen LogP contribution is -2.05. The van der Waals surface area contributed by atoms with Gasteiger partial charge < -0.3 is 9.63 Å². The molecule has 0 saturated carbocycles. The van der Waals surface area contributed by atoms with Crippen molar-refractivity contribution in [3.05, 3.63) is 60.1 Å². The van der Waals surface area contributed by atoms with Crippen molar-refractivity contribution in [2.24, 2.45) is 0 Å². The van der Waals surface area contributed by atoms with Gasteiger partial charge in [-0.3, -0.25) is 4.98 Å². The Bertz CT molecular complexity index is 872. The summed E-state index contributed by atoms with van der Waals surface area (Å²) in [6, 6.07) is 8.13. The minimum atomic E-state index is -4.74. The summed E-state index contributed by atoms with van der Waals surface area (Å²) in [4.78, 5) is 14.8. The van der Waals surface area contributed by atoms with Gasteiger partial charge in [-0.15, -0.1) is 0 Å². The Balaban J connectivity index is 2.20. The van der Waals surface area contributed by atoms with E-state index in [4.69, 9.17) is 5.11 Å². The second-order valence-electron chi connectivity index (χ2n) is 4.86. The monoisotopic (exact) mass is 334 g/mol. The van der Waals surface area contributed by atoms with E-state index >= 15 is 0 Å². The number of hydrogen-bond acceptors (Lipinski definition) is 4. The van der Waals surface area contributed by atoms with Gasteiger partial charge in [-0.05, 0) is 29.8 Å². The summed E-state index contributed by atoms with van der Waals surface area (Å²) in [7, 11) is 0. The van der Waals surface area contributed by atoms with Gasteiger partial charge in [0, 0.05) is 18.0 Å². The topological polar surface area (TPSA) is 76.2 Å². The molecule has 122 valence electrons. The van der Waals surface area contributed by atoms with E-state index < -0.39 is 17.9 Å². The van der Waals surface area contributed by atoms with E-state index in [1.165, 1.54) is 36.7 Å². The summed E-state index contributed by atoms with van der Waals surface area (Å²) in [5.74, 6) is -2.42. The van der Waals surface area contributed by atoms with Crippen LogP contribution < -0.4 is 0 Å². The number of carboxylic acid groups (broad SMARTS) is 1. The number of rotatable bonds is 3. The third-order valence-electron chi connectivity index (χ3n) is 3.31. The summed E-state index contributed by atoms with van der Waals surface area (Å²) in [6.45, 7) is 0. The molecule has 0 aliphatic carbocycles. The molecule has 0 amide bonds. The fourth-order valence-corrected chi connectivity index (χ4v) is 2.23. The molecule has 8 heteroatoms. The van der Waals surface area contributed by atoms with Gasteiger partial charge in [0.25, 0.3) is 0 Å². The number of benzene rings is 1. The van der Waals surface area contributed by atoms with Gasteiger partial charge in [0.15, 0.2) is 0 Å². The summed E-state index contributed by atoms with van der Waals surface area (Å²) >= 11 is 0. The van der Waals surface area contributed by atoms with E-state index in [0.717, 1.165) is 0 Å². The van der Waals surface area contributed by atoms with Crippen LogP contribution >= 0.6 is 0 Å². The first-order valence-corrected chi connectivity index (χ1v) is 6.69. The van der Waals surface area contributed by atoms with Crippen molar-refractivity contribution in [3.63, 3.8) is 0 Å². The van der Waals surface area contributed by atoms with Crippen LogP contribution in [0.4, 0.5) is 13.2 Å². The molecule has 1 N–H and O–H groups in total. The Labute approximate surface area is 133 Å². The minimum absolute atomic E-state index is 0.0153. The highest BCUT2D eigenvalue weighted by Crippen LogP contribution is 2.42. The number of aromatic nitrogens is 2. The average molecular weight is 334 g/mol. The van der Waals surface area contributed by atoms with Gasteiger partial charge in [-0.1, -0.05) is 17.3 Å². The molecule has 0 radical (unpaired) electrons. The second kappa shape index (κ2) is 5.80. The van der Waals surface area contributed by atoms with E-state index in [1.54, 1.807) is 12.1 Å². The van der Waals surface area contributed by atoms with Crippen LogP contribution in [0, 0.1) is 0 Å². The summed E-state index contributed by atoms with van der Waals surface area (Å²) < 4.78 is 44.2. The van der Waals surface area contributed by atoms with Crippen LogP contribution in [-0.4, -0.2) is 21.2 Å². The number of hydrogen-bond donors (Lipinski definition) is 1. The SMILES string of the molecule is O=C(O)c1ccc(-c2c(-c3cccnc3)noc2C(F)(F)F)cc1. The molecule has 24 heavy (non-hydrogen) atoms. The predicted molar refractivity (Wildman–Crippen MR) is 77.1 cm³/mol. The maximum absolute atomic E-state index is 13.2. The van der Waals surface area contributed by atoms with Gasteiger partial charge in [0.1, 0.15) is 5.69 Å². The molecule has 0 fully saturated rings. The quantitative estimate of drug-likeness (QED) is 0.780. The number of nitrogens with zero attached hydrogens (tertiary/aromatic N) is 2. The number of carboxylic acids is 1. The van der Waals surface area contributed by atoms with Crippen molar-refractivity contribution in [2.75, 3.05) is 0 Å². The molecule has 0 spiro atoms. The van der Waals surface area contributed by atoms with E-state index in [-0.39, 0.29) is 22.4 Å². The van der Waals surface area contributed by atoms with Crippen molar-refractivity contribution in [1.29, 1.82) is 0 Å². The lowest BCUT2D eigenvalue weighted by atomic mass is 9.98. The Kier molecular flexibility index (Phi) is 3.80. The van der Waals surface area contributed by atoms with Crippen molar-refractivity contribution < 1.29 is 27.6 Å². The van der Waals surface area contributed by atoms with Crippen LogP contribution in [0.15, 0.2) is 53.3 Å². The molecule has 0 aliphatic rings. The smallest absolute Gasteiger partial charge is 0.453 e. The van der Waals surface area contributed by atoms with Gasteiger partial charge in [0.05, 0.1) is 11.1 Å². The molecule has 0 unspecified atom stereocenters.